The van der Waals surface area contributed by atoms with Gasteiger partial charge in [0.15, 0.2) is 0 Å². The van der Waals surface area contributed by atoms with Gasteiger partial charge < -0.3 is 18.8 Å². The van der Waals surface area contributed by atoms with Gasteiger partial charge in [0.1, 0.15) is 0 Å². The van der Waals surface area contributed by atoms with Crippen LogP contribution in [0.3, 0.4) is 0 Å². The Morgan fingerprint density at radius 2 is 1.09 bits per heavy atom. The number of nitrogens with zero attached hydrogens (tertiary/aromatic N) is 4. The van der Waals surface area contributed by atoms with Crippen molar-refractivity contribution in [1.82, 2.24) is 8.96 Å². The summed E-state index contributed by atoms with van der Waals surface area (Å²) in [7, 11) is 0. The van der Waals surface area contributed by atoms with Crippen molar-refractivity contribution >= 4 is 103 Å². The minimum atomic E-state index is -0.0111. The Balaban J connectivity index is 1.25. The number of rotatable bonds is 3. The molecule has 4 nitrogen and oxygen atoms in total. The van der Waals surface area contributed by atoms with E-state index in [1.807, 2.05) is 0 Å². The minimum Gasteiger partial charge on any atom is -0.382 e. The van der Waals surface area contributed by atoms with Crippen molar-refractivity contribution in [3.05, 3.63) is 164 Å². The van der Waals surface area contributed by atoms with Crippen molar-refractivity contribution < 1.29 is 0 Å². The van der Waals surface area contributed by atoms with Gasteiger partial charge in [-0.05, 0) is 118 Å². The van der Waals surface area contributed by atoms with Crippen LogP contribution in [-0.4, -0.2) is 28.9 Å². The molecule has 0 radical (unpaired) electrons. The first-order valence-electron chi connectivity index (χ1n) is 18.7. The molecule has 13 rings (SSSR count). The third kappa shape index (κ3) is 3.54. The smallest absolute Gasteiger partial charge is 0.332 e. The number of aromatic nitrogens is 2. The van der Waals surface area contributed by atoms with Crippen molar-refractivity contribution in [3.8, 4) is 22.3 Å². The zero-order valence-corrected chi connectivity index (χ0v) is 30.3. The van der Waals surface area contributed by atoms with Crippen LogP contribution in [0.4, 0.5) is 34.1 Å². The van der Waals surface area contributed by atoms with Gasteiger partial charge in [0.25, 0.3) is 0 Å². The fraction of sp³-hybridized carbons (Fsp3) is 0.0213. The molecule has 0 saturated carbocycles. The van der Waals surface area contributed by atoms with Crippen molar-refractivity contribution in [2.75, 3.05) is 16.1 Å². The van der Waals surface area contributed by atoms with Gasteiger partial charge in [-0.1, -0.05) is 91.0 Å². The van der Waals surface area contributed by atoms with E-state index in [0.717, 1.165) is 0 Å². The maximum Gasteiger partial charge on any atom is 0.332 e. The fourth-order valence-corrected chi connectivity index (χ4v) is 10.8. The molecule has 54 heavy (non-hydrogen) atoms. The molecule has 250 valence electrons. The van der Waals surface area contributed by atoms with Gasteiger partial charge >= 0.3 is 13.7 Å². The van der Waals surface area contributed by atoms with Gasteiger partial charge in [-0.2, -0.15) is 0 Å². The summed E-state index contributed by atoms with van der Waals surface area (Å²) in [6.07, 6.45) is 6.83. The highest BCUT2D eigenvalue weighted by atomic mass is 32.2. The number of benzene rings is 7. The Kier molecular flexibility index (Phi) is 5.64. The summed E-state index contributed by atoms with van der Waals surface area (Å²) in [5.41, 5.74) is 20.5. The number of anilines is 6. The van der Waals surface area contributed by atoms with Crippen LogP contribution in [0.2, 0.25) is 0 Å². The average Bonchev–Trinajstić information content (AvgIpc) is 3.87. The summed E-state index contributed by atoms with van der Waals surface area (Å²) in [5.74, 6) is 0. The number of hydrogen-bond donors (Lipinski definition) is 0. The molecule has 7 heteroatoms. The van der Waals surface area contributed by atoms with Gasteiger partial charge in [-0.3, -0.25) is 0 Å². The molecule has 0 bridgehead atoms. The van der Waals surface area contributed by atoms with Crippen LogP contribution in [0.15, 0.2) is 169 Å². The number of para-hydroxylation sites is 4. The predicted molar refractivity (Wildman–Crippen MR) is 230 cm³/mol. The van der Waals surface area contributed by atoms with Crippen molar-refractivity contribution in [2.24, 2.45) is 0 Å². The van der Waals surface area contributed by atoms with E-state index in [4.69, 9.17) is 0 Å². The largest absolute Gasteiger partial charge is 0.382 e. The third-order valence-electron chi connectivity index (χ3n) is 12.4. The summed E-state index contributed by atoms with van der Waals surface area (Å²) >= 11 is 1.81. The van der Waals surface area contributed by atoms with E-state index >= 15 is 0 Å². The van der Waals surface area contributed by atoms with E-state index in [9.17, 15) is 0 Å². The molecule has 0 fully saturated rings. The molecule has 0 saturated heterocycles. The molecule has 9 aromatic rings. The lowest BCUT2D eigenvalue weighted by Crippen LogP contribution is -2.61. The topological polar surface area (TPSA) is 16.3 Å². The van der Waals surface area contributed by atoms with E-state index < -0.39 is 0 Å². The molecule has 0 amide bonds. The second kappa shape index (κ2) is 10.4. The van der Waals surface area contributed by atoms with Crippen molar-refractivity contribution in [1.29, 1.82) is 0 Å². The van der Waals surface area contributed by atoms with Gasteiger partial charge in [0, 0.05) is 61.1 Å². The van der Waals surface area contributed by atoms with Crippen LogP contribution in [-0.2, 0) is 0 Å². The lowest BCUT2D eigenvalue weighted by molar-refractivity contribution is 1.20. The first-order chi connectivity index (χ1) is 26.8. The van der Waals surface area contributed by atoms with E-state index in [1.165, 1.54) is 105 Å². The van der Waals surface area contributed by atoms with Crippen LogP contribution in [0.1, 0.15) is 0 Å². The van der Waals surface area contributed by atoms with E-state index in [2.05, 4.69) is 189 Å². The Bertz CT molecular complexity index is 3080. The Labute approximate surface area is 318 Å². The van der Waals surface area contributed by atoms with E-state index in [0.29, 0.717) is 0 Å². The van der Waals surface area contributed by atoms with Gasteiger partial charge in [0.05, 0.1) is 5.69 Å². The molecule has 0 aliphatic carbocycles. The minimum absolute atomic E-state index is 0.00860. The second-order valence-electron chi connectivity index (χ2n) is 14.9. The van der Waals surface area contributed by atoms with Gasteiger partial charge in [-0.25, -0.2) is 0 Å². The number of fused-ring (bicyclic) bond motifs is 9. The highest BCUT2D eigenvalue weighted by Crippen LogP contribution is 2.51. The monoisotopic (exact) mass is 704 g/mol. The summed E-state index contributed by atoms with van der Waals surface area (Å²) < 4.78 is 5.12. The van der Waals surface area contributed by atoms with Crippen LogP contribution >= 0.6 is 11.8 Å². The zero-order chi connectivity index (χ0) is 35.2. The molecule has 0 spiro atoms. The van der Waals surface area contributed by atoms with Crippen LogP contribution < -0.4 is 31.7 Å². The number of hydrogen-bond acceptors (Lipinski definition) is 3. The zero-order valence-electron chi connectivity index (χ0n) is 29.4. The molecule has 4 aliphatic heterocycles. The summed E-state index contributed by atoms with van der Waals surface area (Å²) in [6, 6.07) is 56.9. The predicted octanol–water partition coefficient (Wildman–Crippen LogP) is 9.15. The highest BCUT2D eigenvalue weighted by Gasteiger charge is 2.48. The quantitative estimate of drug-likeness (QED) is 0.135. The molecular formula is C47H30B2N4S. The Morgan fingerprint density at radius 1 is 0.463 bits per heavy atom. The van der Waals surface area contributed by atoms with Crippen molar-refractivity contribution in [3.63, 3.8) is 0 Å². The lowest BCUT2D eigenvalue weighted by Gasteiger charge is -2.46. The van der Waals surface area contributed by atoms with E-state index in [-0.39, 0.29) is 13.7 Å². The molecular weight excluding hydrogens is 674 g/mol. The Hall–Kier alpha value is -6.30. The van der Waals surface area contributed by atoms with Crippen molar-refractivity contribution in [2.45, 2.75) is 4.90 Å². The first-order valence-corrected chi connectivity index (χ1v) is 19.9. The second-order valence-corrected chi connectivity index (χ2v) is 15.7. The molecule has 6 heterocycles. The lowest BCUT2D eigenvalue weighted by atomic mass is 9.41. The van der Waals surface area contributed by atoms with Crippen LogP contribution in [0.25, 0.3) is 44.1 Å². The number of thioether (sulfide) groups is 1. The van der Waals surface area contributed by atoms with Crippen LogP contribution in [0.5, 0.6) is 0 Å². The summed E-state index contributed by atoms with van der Waals surface area (Å²) in [6.45, 7) is -0.00248. The Morgan fingerprint density at radius 3 is 1.81 bits per heavy atom. The van der Waals surface area contributed by atoms with Gasteiger partial charge in [-0.15, -0.1) is 11.8 Å². The third-order valence-corrected chi connectivity index (χ3v) is 13.1. The van der Waals surface area contributed by atoms with Crippen LogP contribution in [0, 0.1) is 0 Å². The average molecular weight is 704 g/mol. The molecule has 0 N–H and O–H groups in total. The molecule has 4 aliphatic rings. The van der Waals surface area contributed by atoms with Gasteiger partial charge in [0.2, 0.25) is 0 Å². The molecule has 2 aromatic heterocycles. The molecule has 7 aromatic carbocycles. The fourth-order valence-electron chi connectivity index (χ4n) is 10.4. The normalized spacial score (nSPS) is 13.9. The summed E-state index contributed by atoms with van der Waals surface area (Å²) in [5, 5.41) is 2.55. The molecule has 0 unspecified atom stereocenters. The molecule has 0 atom stereocenters. The SMILES string of the molecule is CSc1ccc2c(c1)N(c1ccccc1)c1cc3c(c4c1B2n1ccc2cccc-4c21)N(c1ccccc1)c1cccc2c1B3n1ccc3cccc-2c31. The highest BCUT2D eigenvalue weighted by molar-refractivity contribution is 7.98. The maximum absolute atomic E-state index is 2.59. The first kappa shape index (κ1) is 29.2. The summed E-state index contributed by atoms with van der Waals surface area (Å²) in [4.78, 5) is 6.40. The maximum atomic E-state index is 2.59. The van der Waals surface area contributed by atoms with E-state index in [1.54, 1.807) is 11.8 Å². The standard InChI is InChI=1S/C47H30B2N4S/c1-54-33-21-22-37-40(27-33)52(31-13-4-2-5-14-31)41-28-38-47(42-36-19-9-12-30-24-26-51(46(30)36)48(37)44(41)42)53(32-15-6-3-7-16-32)39-20-10-17-34-35-18-8-11-29-23-25-50(45(29)35)49(38)43(34)39/h2-28H,1H3.